The summed E-state index contributed by atoms with van der Waals surface area (Å²) >= 11 is 7.11. The summed E-state index contributed by atoms with van der Waals surface area (Å²) in [5.41, 5.74) is 0.143. The molecule has 0 aliphatic heterocycles. The molecule has 0 unspecified atom stereocenters. The van der Waals surface area contributed by atoms with Gasteiger partial charge in [0.25, 0.3) is 5.69 Å². The molecule has 1 N–H and O–H groups in total. The van der Waals surface area contributed by atoms with E-state index in [0.717, 1.165) is 4.88 Å². The molecular formula is C13H11ClN2O4S. The number of ether oxygens (including phenoxy) is 1. The van der Waals surface area contributed by atoms with Crippen LogP contribution in [0.5, 0.6) is 5.75 Å². The van der Waals surface area contributed by atoms with Crippen molar-refractivity contribution >= 4 is 40.2 Å². The van der Waals surface area contributed by atoms with E-state index in [1.807, 2.05) is 0 Å². The summed E-state index contributed by atoms with van der Waals surface area (Å²) < 4.78 is 5.68. The van der Waals surface area contributed by atoms with Crippen LogP contribution in [0, 0.1) is 10.1 Å². The highest BCUT2D eigenvalue weighted by molar-refractivity contribution is 7.16. The molecule has 0 saturated heterocycles. The number of nitrogens with one attached hydrogen (secondary N) is 1. The molecule has 1 aromatic heterocycles. The van der Waals surface area contributed by atoms with Gasteiger partial charge in [-0.15, -0.1) is 11.3 Å². The van der Waals surface area contributed by atoms with Gasteiger partial charge in [0.15, 0.2) is 0 Å². The number of carbonyl (C=O) groups excluding carboxylic acids is 1. The molecule has 1 amide bonds. The third-order valence-electron chi connectivity index (χ3n) is 2.63. The van der Waals surface area contributed by atoms with Crippen LogP contribution in [0.3, 0.4) is 0 Å². The van der Waals surface area contributed by atoms with Gasteiger partial charge in [0.2, 0.25) is 5.91 Å². The van der Waals surface area contributed by atoms with E-state index in [9.17, 15) is 14.9 Å². The van der Waals surface area contributed by atoms with Crippen LogP contribution in [-0.4, -0.2) is 17.9 Å². The van der Waals surface area contributed by atoms with Crippen LogP contribution >= 0.6 is 22.9 Å². The van der Waals surface area contributed by atoms with Crippen molar-refractivity contribution < 1.29 is 14.5 Å². The van der Waals surface area contributed by atoms with Gasteiger partial charge in [0.05, 0.1) is 28.5 Å². The summed E-state index contributed by atoms with van der Waals surface area (Å²) in [7, 11) is 1.43. The third-order valence-corrected chi connectivity index (χ3v) is 3.86. The molecule has 21 heavy (non-hydrogen) atoms. The number of nitro groups is 1. The number of hydrogen-bond donors (Lipinski definition) is 1. The summed E-state index contributed by atoms with van der Waals surface area (Å²) in [6.07, 6.45) is 0.142. The van der Waals surface area contributed by atoms with Crippen LogP contribution in [0.4, 0.5) is 11.4 Å². The van der Waals surface area contributed by atoms with Crippen molar-refractivity contribution in [2.75, 3.05) is 12.4 Å². The Kier molecular flexibility index (Phi) is 4.77. The van der Waals surface area contributed by atoms with Crippen LogP contribution in [0.25, 0.3) is 0 Å². The molecule has 2 rings (SSSR count). The number of anilines is 1. The molecule has 2 aromatic rings. The first kappa shape index (κ1) is 15.3. The van der Waals surface area contributed by atoms with Crippen LogP contribution < -0.4 is 10.1 Å². The first-order valence-corrected chi connectivity index (χ1v) is 7.05. The van der Waals surface area contributed by atoms with E-state index in [2.05, 4.69) is 5.32 Å². The highest BCUT2D eigenvalue weighted by Gasteiger charge is 2.14. The van der Waals surface area contributed by atoms with E-state index in [-0.39, 0.29) is 23.7 Å². The monoisotopic (exact) mass is 326 g/mol. The average molecular weight is 327 g/mol. The molecular weight excluding hydrogens is 316 g/mol. The van der Waals surface area contributed by atoms with Crippen LogP contribution in [0.15, 0.2) is 30.3 Å². The topological polar surface area (TPSA) is 81.5 Å². The number of rotatable bonds is 5. The number of thiophene rings is 1. The van der Waals surface area contributed by atoms with Crippen molar-refractivity contribution in [3.05, 3.63) is 49.7 Å². The Labute approximate surface area is 129 Å². The lowest BCUT2D eigenvalue weighted by molar-refractivity contribution is -0.384. The van der Waals surface area contributed by atoms with Gasteiger partial charge in [-0.3, -0.25) is 14.9 Å². The van der Waals surface area contributed by atoms with Crippen LogP contribution in [0.2, 0.25) is 4.34 Å². The van der Waals surface area contributed by atoms with Crippen LogP contribution in [0.1, 0.15) is 4.88 Å². The zero-order chi connectivity index (χ0) is 15.4. The van der Waals surface area contributed by atoms with Crippen LogP contribution in [-0.2, 0) is 11.2 Å². The highest BCUT2D eigenvalue weighted by atomic mass is 35.5. The maximum absolute atomic E-state index is 12.0. The van der Waals surface area contributed by atoms with E-state index in [1.54, 1.807) is 12.1 Å². The number of amides is 1. The fourth-order valence-corrected chi connectivity index (χ4v) is 2.79. The zero-order valence-electron chi connectivity index (χ0n) is 11.0. The molecule has 0 aliphatic rings. The Morgan fingerprint density at radius 3 is 2.76 bits per heavy atom. The second-order valence-electron chi connectivity index (χ2n) is 4.07. The van der Waals surface area contributed by atoms with Gasteiger partial charge in [0.1, 0.15) is 5.75 Å². The van der Waals surface area contributed by atoms with E-state index >= 15 is 0 Å². The Balaban J connectivity index is 2.15. The van der Waals surface area contributed by atoms with Crippen molar-refractivity contribution in [3.63, 3.8) is 0 Å². The van der Waals surface area contributed by atoms with Gasteiger partial charge in [-0.05, 0) is 18.2 Å². The molecule has 1 heterocycles. The largest absolute Gasteiger partial charge is 0.495 e. The first-order chi connectivity index (χ1) is 9.99. The number of halogens is 1. The van der Waals surface area contributed by atoms with Crippen molar-refractivity contribution in [2.24, 2.45) is 0 Å². The number of hydrogen-bond acceptors (Lipinski definition) is 5. The molecule has 0 aliphatic carbocycles. The SMILES string of the molecule is COc1ccc([N+](=O)[O-])cc1NC(=O)Cc1ccc(Cl)s1. The standard InChI is InChI=1S/C13H11ClN2O4S/c1-20-11-4-2-8(16(18)19)6-10(11)15-13(17)7-9-3-5-12(14)21-9/h2-6H,7H2,1H3,(H,15,17). The summed E-state index contributed by atoms with van der Waals surface area (Å²) in [6.45, 7) is 0. The molecule has 0 saturated carbocycles. The number of benzene rings is 1. The van der Waals surface area contributed by atoms with Gasteiger partial charge in [-0.1, -0.05) is 11.6 Å². The molecule has 0 atom stereocenters. The molecule has 110 valence electrons. The van der Waals surface area contributed by atoms with E-state index in [1.165, 1.54) is 36.6 Å². The molecule has 6 nitrogen and oxygen atoms in total. The molecule has 8 heteroatoms. The van der Waals surface area contributed by atoms with E-state index in [0.29, 0.717) is 10.1 Å². The Morgan fingerprint density at radius 2 is 2.19 bits per heavy atom. The lowest BCUT2D eigenvalue weighted by Crippen LogP contribution is -2.14. The van der Waals surface area contributed by atoms with Crippen molar-refractivity contribution in [2.45, 2.75) is 6.42 Å². The Morgan fingerprint density at radius 1 is 1.43 bits per heavy atom. The van der Waals surface area contributed by atoms with Gasteiger partial charge in [-0.2, -0.15) is 0 Å². The van der Waals surface area contributed by atoms with E-state index < -0.39 is 4.92 Å². The van der Waals surface area contributed by atoms with Gasteiger partial charge >= 0.3 is 0 Å². The smallest absolute Gasteiger partial charge is 0.271 e. The normalized spacial score (nSPS) is 10.2. The maximum Gasteiger partial charge on any atom is 0.271 e. The van der Waals surface area contributed by atoms with Gasteiger partial charge < -0.3 is 10.1 Å². The molecule has 0 spiro atoms. The van der Waals surface area contributed by atoms with Gasteiger partial charge in [0, 0.05) is 17.0 Å². The predicted molar refractivity (Wildman–Crippen MR) is 81.3 cm³/mol. The Hall–Kier alpha value is -2.12. The minimum absolute atomic E-state index is 0.120. The highest BCUT2D eigenvalue weighted by Crippen LogP contribution is 2.29. The molecule has 0 fully saturated rings. The van der Waals surface area contributed by atoms with Crippen molar-refractivity contribution in [1.82, 2.24) is 0 Å². The minimum Gasteiger partial charge on any atom is -0.495 e. The number of non-ortho nitro benzene ring substituents is 1. The summed E-state index contributed by atoms with van der Waals surface area (Å²) in [5.74, 6) is 0.0606. The maximum atomic E-state index is 12.0. The number of methoxy groups -OCH3 is 1. The number of nitro benzene ring substituents is 1. The van der Waals surface area contributed by atoms with Crippen molar-refractivity contribution in [3.8, 4) is 5.75 Å². The molecule has 1 aromatic carbocycles. The summed E-state index contributed by atoms with van der Waals surface area (Å²) in [4.78, 5) is 23.0. The number of nitrogens with zero attached hydrogens (tertiary/aromatic N) is 1. The minimum atomic E-state index is -0.534. The van der Waals surface area contributed by atoms with Gasteiger partial charge in [-0.25, -0.2) is 0 Å². The Bertz CT molecular complexity index is 687. The van der Waals surface area contributed by atoms with Crippen molar-refractivity contribution in [1.29, 1.82) is 0 Å². The van der Waals surface area contributed by atoms with E-state index in [4.69, 9.17) is 16.3 Å². The first-order valence-electron chi connectivity index (χ1n) is 5.86. The molecule has 0 bridgehead atoms. The quantitative estimate of drug-likeness (QED) is 0.673. The number of carbonyl (C=O) groups is 1. The third kappa shape index (κ3) is 3.93. The average Bonchev–Trinajstić information content (AvgIpc) is 2.83. The second kappa shape index (κ2) is 6.55. The summed E-state index contributed by atoms with van der Waals surface area (Å²) in [6, 6.07) is 7.49. The fraction of sp³-hybridized carbons (Fsp3) is 0.154. The zero-order valence-corrected chi connectivity index (χ0v) is 12.5. The fourth-order valence-electron chi connectivity index (χ4n) is 1.71. The summed E-state index contributed by atoms with van der Waals surface area (Å²) in [5, 5.41) is 13.4. The molecule has 0 radical (unpaired) electrons. The predicted octanol–water partition coefficient (Wildman–Crippen LogP) is 3.50. The lowest BCUT2D eigenvalue weighted by Gasteiger charge is -2.09. The lowest BCUT2D eigenvalue weighted by atomic mass is 10.2. The second-order valence-corrected chi connectivity index (χ2v) is 5.87.